The molecule has 0 fully saturated rings. The molecule has 0 bridgehead atoms. The van der Waals surface area contributed by atoms with Crippen molar-refractivity contribution in [2.45, 2.75) is 4.90 Å². The minimum atomic E-state index is -3.66. The van der Waals surface area contributed by atoms with Crippen molar-refractivity contribution < 1.29 is 17.9 Å². The van der Waals surface area contributed by atoms with Crippen LogP contribution in [0.15, 0.2) is 60.0 Å². The first-order chi connectivity index (χ1) is 10.0. The maximum Gasteiger partial charge on any atom is 0.330 e. The lowest BCUT2D eigenvalue weighted by Crippen LogP contribution is -2.28. The summed E-state index contributed by atoms with van der Waals surface area (Å²) in [6.07, 6.45) is 1.03. The van der Waals surface area contributed by atoms with Crippen molar-refractivity contribution in [3.8, 4) is 0 Å². The molecule has 0 saturated heterocycles. The largest absolute Gasteiger partial charge is 0.461 e. The summed E-state index contributed by atoms with van der Waals surface area (Å²) in [5, 5.41) is 1.49. The summed E-state index contributed by atoms with van der Waals surface area (Å²) in [7, 11) is -3.66. The van der Waals surface area contributed by atoms with Gasteiger partial charge in [-0.1, -0.05) is 43.0 Å². The molecule has 2 rings (SSSR count). The lowest BCUT2D eigenvalue weighted by atomic mass is 10.1. The molecule has 2 aromatic rings. The highest BCUT2D eigenvalue weighted by molar-refractivity contribution is 7.89. The van der Waals surface area contributed by atoms with E-state index in [0.29, 0.717) is 5.39 Å². The fourth-order valence-electron chi connectivity index (χ4n) is 1.89. The summed E-state index contributed by atoms with van der Waals surface area (Å²) in [5.41, 5.74) is 0. The number of hydrogen-bond donors (Lipinski definition) is 1. The molecular weight excluding hydrogens is 290 g/mol. The molecular formula is C15H15NO4S. The van der Waals surface area contributed by atoms with Gasteiger partial charge in [-0.3, -0.25) is 0 Å². The monoisotopic (exact) mass is 305 g/mol. The van der Waals surface area contributed by atoms with Gasteiger partial charge in [0.25, 0.3) is 0 Å². The SMILES string of the molecule is C=CC(=O)OCCNS(=O)(=O)c1cccc2ccccc12. The second-order valence-electron chi connectivity index (χ2n) is 4.25. The van der Waals surface area contributed by atoms with Gasteiger partial charge < -0.3 is 4.74 Å². The minimum Gasteiger partial charge on any atom is -0.461 e. The minimum absolute atomic E-state index is 0.00509. The van der Waals surface area contributed by atoms with Crippen LogP contribution in [-0.4, -0.2) is 27.5 Å². The molecule has 2 aromatic carbocycles. The van der Waals surface area contributed by atoms with Crippen LogP contribution in [0, 0.1) is 0 Å². The molecule has 110 valence electrons. The number of hydrogen-bond acceptors (Lipinski definition) is 4. The maximum absolute atomic E-state index is 12.3. The van der Waals surface area contributed by atoms with Gasteiger partial charge in [0.2, 0.25) is 10.0 Å². The van der Waals surface area contributed by atoms with E-state index >= 15 is 0 Å². The van der Waals surface area contributed by atoms with Gasteiger partial charge in [-0.15, -0.1) is 0 Å². The maximum atomic E-state index is 12.3. The Morgan fingerprint density at radius 1 is 1.19 bits per heavy atom. The molecule has 0 aromatic heterocycles. The van der Waals surface area contributed by atoms with Gasteiger partial charge in [-0.05, 0) is 11.5 Å². The number of carbonyl (C=O) groups is 1. The lowest BCUT2D eigenvalue weighted by Gasteiger charge is -2.09. The van der Waals surface area contributed by atoms with Gasteiger partial charge >= 0.3 is 5.97 Å². The Hall–Kier alpha value is -2.18. The van der Waals surface area contributed by atoms with Crippen LogP contribution in [0.1, 0.15) is 0 Å². The normalized spacial score (nSPS) is 11.2. The van der Waals surface area contributed by atoms with Crippen molar-refractivity contribution in [1.29, 1.82) is 0 Å². The van der Waals surface area contributed by atoms with Gasteiger partial charge in [0.05, 0.1) is 4.90 Å². The Labute approximate surface area is 123 Å². The zero-order chi connectivity index (χ0) is 15.3. The lowest BCUT2D eigenvalue weighted by molar-refractivity contribution is -0.137. The molecule has 0 heterocycles. The van der Waals surface area contributed by atoms with Gasteiger partial charge in [0.1, 0.15) is 6.61 Å². The predicted molar refractivity (Wildman–Crippen MR) is 80.3 cm³/mol. The van der Waals surface area contributed by atoms with E-state index in [1.165, 1.54) is 0 Å². The summed E-state index contributed by atoms with van der Waals surface area (Å²) in [6, 6.07) is 12.3. The summed E-state index contributed by atoms with van der Waals surface area (Å²) < 4.78 is 31.7. The zero-order valence-electron chi connectivity index (χ0n) is 11.3. The van der Waals surface area contributed by atoms with Crippen LogP contribution in [0.3, 0.4) is 0 Å². The van der Waals surface area contributed by atoms with Crippen LogP contribution in [0.2, 0.25) is 0 Å². The Morgan fingerprint density at radius 2 is 1.90 bits per heavy atom. The Morgan fingerprint density at radius 3 is 2.67 bits per heavy atom. The molecule has 0 spiro atoms. The third-order valence-corrected chi connectivity index (χ3v) is 4.36. The highest BCUT2D eigenvalue weighted by atomic mass is 32.2. The molecule has 0 atom stereocenters. The van der Waals surface area contributed by atoms with Crippen molar-refractivity contribution >= 4 is 26.8 Å². The standard InChI is InChI=1S/C15H15NO4S/c1-2-15(17)20-11-10-16-21(18,19)14-9-5-7-12-6-3-4-8-13(12)14/h2-9,16H,1,10-11H2. The van der Waals surface area contributed by atoms with Gasteiger partial charge in [0.15, 0.2) is 0 Å². The van der Waals surface area contributed by atoms with E-state index in [2.05, 4.69) is 11.3 Å². The van der Waals surface area contributed by atoms with Crippen LogP contribution in [0.25, 0.3) is 10.8 Å². The molecule has 0 saturated carbocycles. The van der Waals surface area contributed by atoms with Crippen molar-refractivity contribution in [1.82, 2.24) is 4.72 Å². The van der Waals surface area contributed by atoms with E-state index in [-0.39, 0.29) is 18.0 Å². The number of benzene rings is 2. The van der Waals surface area contributed by atoms with Gasteiger partial charge in [-0.2, -0.15) is 0 Å². The summed E-state index contributed by atoms with van der Waals surface area (Å²) in [5.74, 6) is -0.584. The van der Waals surface area contributed by atoms with Crippen molar-refractivity contribution in [2.24, 2.45) is 0 Å². The molecule has 0 amide bonds. The Kier molecular flexibility index (Phi) is 4.72. The topological polar surface area (TPSA) is 72.5 Å². The molecule has 0 aliphatic heterocycles. The fraction of sp³-hybridized carbons (Fsp3) is 0.133. The first-order valence-electron chi connectivity index (χ1n) is 6.31. The quantitative estimate of drug-likeness (QED) is 0.502. The molecule has 0 aliphatic carbocycles. The molecule has 0 aliphatic rings. The molecule has 21 heavy (non-hydrogen) atoms. The van der Waals surface area contributed by atoms with Crippen LogP contribution in [0.5, 0.6) is 0 Å². The summed E-state index contributed by atoms with van der Waals surface area (Å²) in [4.78, 5) is 11.1. The van der Waals surface area contributed by atoms with Crippen LogP contribution < -0.4 is 4.72 Å². The van der Waals surface area contributed by atoms with E-state index in [0.717, 1.165) is 11.5 Å². The molecule has 1 N–H and O–H groups in total. The van der Waals surface area contributed by atoms with Crippen LogP contribution in [-0.2, 0) is 19.6 Å². The van der Waals surface area contributed by atoms with Gasteiger partial charge in [0, 0.05) is 18.0 Å². The second kappa shape index (κ2) is 6.51. The van der Waals surface area contributed by atoms with E-state index in [4.69, 9.17) is 4.74 Å². The Bertz CT molecular complexity index is 763. The second-order valence-corrected chi connectivity index (χ2v) is 5.98. The van der Waals surface area contributed by atoms with Crippen LogP contribution >= 0.6 is 0 Å². The smallest absolute Gasteiger partial charge is 0.330 e. The average molecular weight is 305 g/mol. The molecule has 0 radical (unpaired) electrons. The van der Waals surface area contributed by atoms with Crippen LogP contribution in [0.4, 0.5) is 0 Å². The number of sulfonamides is 1. The number of ether oxygens (including phenoxy) is 1. The van der Waals surface area contributed by atoms with Crippen molar-refractivity contribution in [3.63, 3.8) is 0 Å². The Balaban J connectivity index is 2.15. The number of rotatable bonds is 6. The van der Waals surface area contributed by atoms with Crippen molar-refractivity contribution in [2.75, 3.05) is 13.2 Å². The zero-order valence-corrected chi connectivity index (χ0v) is 12.1. The summed E-state index contributed by atoms with van der Waals surface area (Å²) in [6.45, 7) is 3.21. The number of nitrogens with one attached hydrogen (secondary N) is 1. The van der Waals surface area contributed by atoms with E-state index < -0.39 is 16.0 Å². The highest BCUT2D eigenvalue weighted by Crippen LogP contribution is 2.22. The summed E-state index contributed by atoms with van der Waals surface area (Å²) >= 11 is 0. The van der Waals surface area contributed by atoms with Gasteiger partial charge in [-0.25, -0.2) is 17.9 Å². The highest BCUT2D eigenvalue weighted by Gasteiger charge is 2.16. The van der Waals surface area contributed by atoms with E-state index in [1.54, 1.807) is 24.3 Å². The third kappa shape index (κ3) is 3.68. The first kappa shape index (κ1) is 15.2. The predicted octanol–water partition coefficient (Wildman–Crippen LogP) is 1.85. The third-order valence-electron chi connectivity index (χ3n) is 2.84. The average Bonchev–Trinajstić information content (AvgIpc) is 2.50. The number of fused-ring (bicyclic) bond motifs is 1. The van der Waals surface area contributed by atoms with Crippen molar-refractivity contribution in [3.05, 3.63) is 55.1 Å². The fourth-order valence-corrected chi connectivity index (χ4v) is 3.14. The molecule has 6 heteroatoms. The van der Waals surface area contributed by atoms with E-state index in [1.807, 2.05) is 18.2 Å². The molecule has 5 nitrogen and oxygen atoms in total. The van der Waals surface area contributed by atoms with E-state index in [9.17, 15) is 13.2 Å². The number of carbonyl (C=O) groups excluding carboxylic acids is 1. The first-order valence-corrected chi connectivity index (χ1v) is 7.79. The molecule has 0 unspecified atom stereocenters. The number of esters is 1.